The number of hydrogen-bond donors (Lipinski definition) is 2. The molecular weight excluding hydrogens is 489 g/mol. The van der Waals surface area contributed by atoms with E-state index in [2.05, 4.69) is 19.9 Å². The molecule has 2 fully saturated rings. The molecule has 1 saturated heterocycles. The van der Waals surface area contributed by atoms with Crippen molar-refractivity contribution in [2.75, 3.05) is 19.5 Å². The highest BCUT2D eigenvalue weighted by Gasteiger charge is 2.55. The van der Waals surface area contributed by atoms with Crippen molar-refractivity contribution >= 4 is 23.6 Å². The van der Waals surface area contributed by atoms with Gasteiger partial charge in [0.05, 0.1) is 30.3 Å². The summed E-state index contributed by atoms with van der Waals surface area (Å²) in [6, 6.07) is 7.69. The number of carbonyl (C=O) groups excluding carboxylic acids is 2. The van der Waals surface area contributed by atoms with Gasteiger partial charge in [-0.25, -0.2) is 19.3 Å². The molecule has 1 amide bonds. The van der Waals surface area contributed by atoms with E-state index in [1.54, 1.807) is 31.3 Å². The second-order valence-corrected chi connectivity index (χ2v) is 9.82. The van der Waals surface area contributed by atoms with E-state index in [1.165, 1.54) is 23.9 Å². The molecule has 0 unspecified atom stereocenters. The van der Waals surface area contributed by atoms with Gasteiger partial charge in [0, 0.05) is 24.6 Å². The summed E-state index contributed by atoms with van der Waals surface area (Å²) in [6.45, 7) is 1.61. The minimum Gasteiger partial charge on any atom is -0.448 e. The Morgan fingerprint density at radius 1 is 1.17 bits per heavy atom. The second kappa shape index (κ2) is 9.26. The number of H-pyrrole nitrogens is 1. The van der Waals surface area contributed by atoms with Gasteiger partial charge in [-0.05, 0) is 43.5 Å². The van der Waals surface area contributed by atoms with E-state index in [0.717, 1.165) is 0 Å². The fourth-order valence-electron chi connectivity index (χ4n) is 3.78. The van der Waals surface area contributed by atoms with E-state index in [4.69, 9.17) is 19.9 Å². The Morgan fingerprint density at radius 3 is 2.47 bits per heavy atom. The summed E-state index contributed by atoms with van der Waals surface area (Å²) in [5.41, 5.74) is 5.43. The molecule has 0 spiro atoms. The number of primary amides is 1. The first kappa shape index (κ1) is 24.3. The molecule has 0 atom stereocenters. The minimum absolute atomic E-state index is 0.0165. The van der Waals surface area contributed by atoms with Gasteiger partial charge in [0.2, 0.25) is 6.29 Å². The zero-order valence-corrected chi connectivity index (χ0v) is 20.4. The van der Waals surface area contributed by atoms with Gasteiger partial charge in [0.15, 0.2) is 16.6 Å². The zero-order chi connectivity index (χ0) is 25.5. The van der Waals surface area contributed by atoms with Gasteiger partial charge in [-0.2, -0.15) is 0 Å². The van der Waals surface area contributed by atoms with E-state index < -0.39 is 29.2 Å². The van der Waals surface area contributed by atoms with Crippen molar-refractivity contribution in [1.29, 1.82) is 0 Å². The third-order valence-corrected chi connectivity index (χ3v) is 6.74. The lowest BCUT2D eigenvalue weighted by Crippen LogP contribution is -2.47. The molecule has 36 heavy (non-hydrogen) atoms. The average molecular weight is 514 g/mol. The topological polar surface area (TPSA) is 142 Å². The molecule has 5 rings (SSSR count). The molecule has 1 saturated carbocycles. The number of thioether (sulfide) groups is 1. The summed E-state index contributed by atoms with van der Waals surface area (Å²) in [7, 11) is 0. The molecule has 1 aliphatic carbocycles. The Labute approximate surface area is 210 Å². The third kappa shape index (κ3) is 4.59. The predicted molar refractivity (Wildman–Crippen MR) is 127 cm³/mol. The molecule has 10 nitrogen and oxygen atoms in total. The van der Waals surface area contributed by atoms with Crippen LogP contribution in [-0.4, -0.2) is 56.9 Å². The number of aromatic nitrogens is 4. The number of rotatable bonds is 7. The van der Waals surface area contributed by atoms with Crippen molar-refractivity contribution in [3.05, 3.63) is 48.2 Å². The molecule has 1 aromatic carbocycles. The number of esters is 1. The van der Waals surface area contributed by atoms with Crippen LogP contribution < -0.4 is 5.73 Å². The van der Waals surface area contributed by atoms with Gasteiger partial charge in [0.1, 0.15) is 11.2 Å². The van der Waals surface area contributed by atoms with E-state index in [0.29, 0.717) is 46.5 Å². The van der Waals surface area contributed by atoms with Crippen molar-refractivity contribution in [2.24, 2.45) is 11.1 Å². The SMILES string of the molecule is CSc1nccc(-c2[nH]c(C3OCC(C)(C(=O)OC4(C(N)=O)CC4)CO3)nc2-c2ccc(F)cc2)n1. The lowest BCUT2D eigenvalue weighted by Gasteiger charge is -2.35. The van der Waals surface area contributed by atoms with Crippen molar-refractivity contribution in [2.45, 2.75) is 36.8 Å². The van der Waals surface area contributed by atoms with Crippen LogP contribution in [0.2, 0.25) is 0 Å². The van der Waals surface area contributed by atoms with Gasteiger partial charge in [0.25, 0.3) is 5.91 Å². The number of benzene rings is 1. The van der Waals surface area contributed by atoms with Crippen molar-refractivity contribution in [3.8, 4) is 22.6 Å². The average Bonchev–Trinajstić information content (AvgIpc) is 3.54. The quantitative estimate of drug-likeness (QED) is 0.277. The molecular formula is C24H24FN5O5S. The monoisotopic (exact) mass is 513 g/mol. The maximum Gasteiger partial charge on any atom is 0.317 e. The highest BCUT2D eigenvalue weighted by molar-refractivity contribution is 7.98. The normalized spacial score (nSPS) is 22.7. The largest absolute Gasteiger partial charge is 0.448 e. The number of imidazole rings is 1. The van der Waals surface area contributed by atoms with E-state index in [1.807, 2.05) is 6.26 Å². The molecule has 188 valence electrons. The van der Waals surface area contributed by atoms with Gasteiger partial charge in [-0.15, -0.1) is 0 Å². The molecule has 2 aliphatic rings. The van der Waals surface area contributed by atoms with E-state index in [-0.39, 0.29) is 19.0 Å². The van der Waals surface area contributed by atoms with Crippen molar-refractivity contribution in [3.63, 3.8) is 0 Å². The number of nitrogens with two attached hydrogens (primary N) is 1. The van der Waals surface area contributed by atoms with Crippen molar-refractivity contribution in [1.82, 2.24) is 19.9 Å². The fourth-order valence-corrected chi connectivity index (χ4v) is 4.14. The van der Waals surface area contributed by atoms with E-state index >= 15 is 0 Å². The van der Waals surface area contributed by atoms with Crippen LogP contribution in [0.15, 0.2) is 41.7 Å². The Balaban J connectivity index is 1.40. The maximum atomic E-state index is 13.6. The molecule has 0 bridgehead atoms. The highest BCUT2D eigenvalue weighted by Crippen LogP contribution is 2.42. The lowest BCUT2D eigenvalue weighted by molar-refractivity contribution is -0.240. The predicted octanol–water partition coefficient (Wildman–Crippen LogP) is 3.01. The Bertz CT molecular complexity index is 1300. The van der Waals surface area contributed by atoms with Crippen LogP contribution in [0.4, 0.5) is 4.39 Å². The Morgan fingerprint density at radius 2 is 1.86 bits per heavy atom. The minimum atomic E-state index is -1.22. The van der Waals surface area contributed by atoms with E-state index in [9.17, 15) is 14.0 Å². The van der Waals surface area contributed by atoms with Gasteiger partial charge >= 0.3 is 5.97 Å². The lowest BCUT2D eigenvalue weighted by atomic mass is 9.92. The molecule has 0 radical (unpaired) electrons. The van der Waals surface area contributed by atoms with Gasteiger partial charge in [-0.3, -0.25) is 9.59 Å². The van der Waals surface area contributed by atoms with Crippen LogP contribution in [0.25, 0.3) is 22.6 Å². The summed E-state index contributed by atoms with van der Waals surface area (Å²) in [4.78, 5) is 41.0. The fraction of sp³-hybridized carbons (Fsp3) is 0.375. The Hall–Kier alpha value is -3.35. The van der Waals surface area contributed by atoms with Crippen LogP contribution in [0.5, 0.6) is 0 Å². The van der Waals surface area contributed by atoms with Crippen LogP contribution in [0.3, 0.4) is 0 Å². The first-order valence-corrected chi connectivity index (χ1v) is 12.5. The molecule has 3 heterocycles. The number of carbonyl (C=O) groups is 2. The molecule has 2 aromatic heterocycles. The molecule has 3 aromatic rings. The smallest absolute Gasteiger partial charge is 0.317 e. The van der Waals surface area contributed by atoms with Crippen molar-refractivity contribution < 1.29 is 28.2 Å². The summed E-state index contributed by atoms with van der Waals surface area (Å²) < 4.78 is 30.7. The number of amides is 1. The number of ether oxygens (including phenoxy) is 3. The summed E-state index contributed by atoms with van der Waals surface area (Å²) >= 11 is 1.40. The van der Waals surface area contributed by atoms with Crippen LogP contribution in [-0.2, 0) is 23.8 Å². The number of aromatic amines is 1. The Kier molecular flexibility index (Phi) is 6.27. The number of hydrogen-bond acceptors (Lipinski definition) is 9. The number of nitrogens with one attached hydrogen (secondary N) is 1. The summed E-state index contributed by atoms with van der Waals surface area (Å²) in [5, 5.41) is 0.581. The maximum absolute atomic E-state index is 13.6. The first-order valence-electron chi connectivity index (χ1n) is 11.2. The third-order valence-electron chi connectivity index (χ3n) is 6.18. The first-order chi connectivity index (χ1) is 17.2. The highest BCUT2D eigenvalue weighted by atomic mass is 32.2. The standard InChI is InChI=1S/C24H24FN5O5S/c1-23(21(32)35-24(8-9-24)20(26)31)11-33-19(34-12-23)18-29-16(13-3-5-14(25)6-4-13)17(30-18)15-7-10-27-22(28-15)36-2/h3-7,10,19H,8-9,11-12H2,1-2H3,(H2,26,31)(H,29,30). The van der Waals surface area contributed by atoms with Gasteiger partial charge in [-0.1, -0.05) is 11.8 Å². The molecule has 12 heteroatoms. The second-order valence-electron chi connectivity index (χ2n) is 9.04. The van der Waals surface area contributed by atoms with Gasteiger partial charge < -0.3 is 24.9 Å². The van der Waals surface area contributed by atoms with Crippen LogP contribution in [0, 0.1) is 11.2 Å². The number of halogens is 1. The zero-order valence-electron chi connectivity index (χ0n) is 19.6. The summed E-state index contributed by atoms with van der Waals surface area (Å²) in [6.07, 6.45) is 3.45. The number of nitrogens with zero attached hydrogens (tertiary/aromatic N) is 3. The summed E-state index contributed by atoms with van der Waals surface area (Å²) in [5.74, 6) is -1.26. The van der Waals surface area contributed by atoms with Crippen LogP contribution >= 0.6 is 11.8 Å². The van der Waals surface area contributed by atoms with Crippen LogP contribution in [0.1, 0.15) is 31.9 Å². The molecule has 1 aliphatic heterocycles. The molecule has 3 N–H and O–H groups in total.